The predicted molar refractivity (Wildman–Crippen MR) is 71.4 cm³/mol. The first-order valence-electron chi connectivity index (χ1n) is 7.80. The van der Waals surface area contributed by atoms with E-state index in [0.29, 0.717) is 0 Å². The molecular weight excluding hydrogens is 192 g/mol. The monoisotopic (exact) mass is 222 g/mol. The van der Waals surface area contributed by atoms with Crippen LogP contribution in [0.15, 0.2) is 0 Å². The van der Waals surface area contributed by atoms with Gasteiger partial charge in [0.05, 0.1) is 0 Å². The Hall–Kier alpha value is 0. The average Bonchev–Trinajstić information content (AvgIpc) is 2.96. The molecule has 5 atom stereocenters. The maximum Gasteiger partial charge on any atom is -0.0207 e. The Morgan fingerprint density at radius 1 is 1.06 bits per heavy atom. The van der Waals surface area contributed by atoms with Crippen LogP contribution >= 0.6 is 0 Å². The smallest absolute Gasteiger partial charge is 0.0207 e. The Morgan fingerprint density at radius 3 is 2.50 bits per heavy atom. The minimum atomic E-state index is 0.872. The lowest BCUT2D eigenvalue weighted by Gasteiger charge is -2.39. The second-order valence-electron chi connectivity index (χ2n) is 6.12. The largest absolute Gasteiger partial charge is 0.0683 e. The van der Waals surface area contributed by atoms with Gasteiger partial charge in [-0.1, -0.05) is 47.0 Å². The zero-order valence-electron chi connectivity index (χ0n) is 11.8. The summed E-state index contributed by atoms with van der Waals surface area (Å²) in [6.07, 6.45) is 10.8. The second kappa shape index (κ2) is 4.70. The van der Waals surface area contributed by atoms with Crippen molar-refractivity contribution in [3.63, 3.8) is 0 Å². The molecule has 0 nitrogen and oxygen atoms in total. The van der Waals surface area contributed by atoms with Gasteiger partial charge in [0.2, 0.25) is 0 Å². The van der Waals surface area contributed by atoms with Crippen molar-refractivity contribution in [3.05, 3.63) is 0 Å². The second-order valence-corrected chi connectivity index (χ2v) is 6.12. The molecule has 3 saturated carbocycles. The van der Waals surface area contributed by atoms with E-state index in [1.807, 2.05) is 13.8 Å². The number of hydrogen-bond acceptors (Lipinski definition) is 0. The normalized spacial score (nSPS) is 49.5. The molecule has 0 amide bonds. The third-order valence-corrected chi connectivity index (χ3v) is 5.99. The fourth-order valence-corrected chi connectivity index (χ4v) is 5.34. The van der Waals surface area contributed by atoms with Gasteiger partial charge in [-0.25, -0.2) is 0 Å². The van der Waals surface area contributed by atoms with Gasteiger partial charge in [-0.05, 0) is 54.8 Å². The molecule has 0 aliphatic heterocycles. The molecule has 94 valence electrons. The molecule has 3 aliphatic rings. The molecule has 0 heterocycles. The van der Waals surface area contributed by atoms with E-state index in [2.05, 4.69) is 13.8 Å². The van der Waals surface area contributed by atoms with Gasteiger partial charge in [0.15, 0.2) is 0 Å². The van der Waals surface area contributed by atoms with Crippen LogP contribution in [-0.4, -0.2) is 0 Å². The lowest BCUT2D eigenvalue weighted by molar-refractivity contribution is 0.109. The summed E-state index contributed by atoms with van der Waals surface area (Å²) >= 11 is 0. The van der Waals surface area contributed by atoms with E-state index >= 15 is 0 Å². The van der Waals surface area contributed by atoms with E-state index in [0.717, 1.165) is 29.1 Å². The number of rotatable bonds is 1. The average molecular weight is 222 g/mol. The topological polar surface area (TPSA) is 0 Å². The van der Waals surface area contributed by atoms with Crippen molar-refractivity contribution in [3.8, 4) is 0 Å². The maximum atomic E-state index is 2.55. The molecule has 3 rings (SSSR count). The summed E-state index contributed by atoms with van der Waals surface area (Å²) in [5.41, 5.74) is 0.872. The first-order valence-corrected chi connectivity index (χ1v) is 7.80. The molecule has 0 heteroatoms. The number of hydrogen-bond donors (Lipinski definition) is 0. The van der Waals surface area contributed by atoms with Crippen LogP contribution in [0.4, 0.5) is 0 Å². The summed E-state index contributed by atoms with van der Waals surface area (Å²) in [6.45, 7) is 8.96. The van der Waals surface area contributed by atoms with E-state index in [1.54, 1.807) is 25.7 Å². The molecule has 0 aromatic rings. The highest BCUT2D eigenvalue weighted by Crippen LogP contribution is 2.75. The maximum absolute atomic E-state index is 2.55. The molecule has 0 aromatic heterocycles. The van der Waals surface area contributed by atoms with Gasteiger partial charge >= 0.3 is 0 Å². The van der Waals surface area contributed by atoms with Crippen molar-refractivity contribution >= 4 is 0 Å². The Morgan fingerprint density at radius 2 is 1.81 bits per heavy atom. The highest BCUT2D eigenvalue weighted by molar-refractivity contribution is 5.16. The molecular formula is C16H30. The van der Waals surface area contributed by atoms with Gasteiger partial charge in [0.1, 0.15) is 0 Å². The Balaban J connectivity index is 0.000000457. The molecule has 0 saturated heterocycles. The molecule has 0 aromatic carbocycles. The summed E-state index contributed by atoms with van der Waals surface area (Å²) in [7, 11) is 0. The van der Waals surface area contributed by atoms with Crippen molar-refractivity contribution in [2.75, 3.05) is 0 Å². The zero-order valence-corrected chi connectivity index (χ0v) is 11.8. The molecule has 3 aliphatic carbocycles. The van der Waals surface area contributed by atoms with Crippen molar-refractivity contribution in [1.29, 1.82) is 0 Å². The highest BCUT2D eigenvalue weighted by atomic mass is 14.7. The van der Waals surface area contributed by atoms with Crippen molar-refractivity contribution in [2.45, 2.75) is 72.6 Å². The van der Waals surface area contributed by atoms with E-state index < -0.39 is 0 Å². The lowest BCUT2D eigenvalue weighted by atomic mass is 9.66. The summed E-state index contributed by atoms with van der Waals surface area (Å²) in [5.74, 6) is 4.46. The first-order chi connectivity index (χ1) is 7.80. The SMILES string of the molecule is CC.CCC1CCC2CCCCC23C(C)C13. The quantitative estimate of drug-likeness (QED) is 0.566. The molecule has 1 spiro atoms. The molecule has 5 unspecified atom stereocenters. The van der Waals surface area contributed by atoms with Crippen LogP contribution in [0.25, 0.3) is 0 Å². The van der Waals surface area contributed by atoms with Gasteiger partial charge in [-0.2, -0.15) is 0 Å². The molecule has 0 N–H and O–H groups in total. The summed E-state index contributed by atoms with van der Waals surface area (Å²) in [6, 6.07) is 0. The van der Waals surface area contributed by atoms with E-state index in [9.17, 15) is 0 Å². The summed E-state index contributed by atoms with van der Waals surface area (Å²) in [5, 5.41) is 0. The van der Waals surface area contributed by atoms with Gasteiger partial charge in [0, 0.05) is 0 Å². The van der Waals surface area contributed by atoms with Gasteiger partial charge < -0.3 is 0 Å². The van der Waals surface area contributed by atoms with Crippen LogP contribution in [0, 0.1) is 29.1 Å². The van der Waals surface area contributed by atoms with Crippen LogP contribution in [0.3, 0.4) is 0 Å². The Bertz CT molecular complexity index is 232. The molecule has 16 heavy (non-hydrogen) atoms. The fraction of sp³-hybridized carbons (Fsp3) is 1.00. The molecule has 0 bridgehead atoms. The highest BCUT2D eigenvalue weighted by Gasteiger charge is 2.68. The van der Waals surface area contributed by atoms with Crippen LogP contribution in [0.1, 0.15) is 72.6 Å². The summed E-state index contributed by atoms with van der Waals surface area (Å²) < 4.78 is 0. The zero-order chi connectivity index (χ0) is 11.8. The van der Waals surface area contributed by atoms with Crippen LogP contribution < -0.4 is 0 Å². The van der Waals surface area contributed by atoms with Crippen LogP contribution in [0.2, 0.25) is 0 Å². The summed E-state index contributed by atoms with van der Waals surface area (Å²) in [4.78, 5) is 0. The Labute approximate surface area is 102 Å². The van der Waals surface area contributed by atoms with Crippen LogP contribution in [0.5, 0.6) is 0 Å². The fourth-order valence-electron chi connectivity index (χ4n) is 5.34. The van der Waals surface area contributed by atoms with E-state index in [-0.39, 0.29) is 0 Å². The third-order valence-electron chi connectivity index (χ3n) is 5.99. The minimum Gasteiger partial charge on any atom is -0.0683 e. The first kappa shape index (κ1) is 12.5. The Kier molecular flexibility index (Phi) is 3.66. The third kappa shape index (κ3) is 1.56. The van der Waals surface area contributed by atoms with Crippen molar-refractivity contribution in [2.24, 2.45) is 29.1 Å². The molecule has 0 radical (unpaired) electrons. The van der Waals surface area contributed by atoms with Gasteiger partial charge in [-0.15, -0.1) is 0 Å². The van der Waals surface area contributed by atoms with Gasteiger partial charge in [0.25, 0.3) is 0 Å². The van der Waals surface area contributed by atoms with Crippen LogP contribution in [-0.2, 0) is 0 Å². The van der Waals surface area contributed by atoms with Crippen molar-refractivity contribution in [1.82, 2.24) is 0 Å². The molecule has 3 fully saturated rings. The predicted octanol–water partition coefficient (Wildman–Crippen LogP) is 5.28. The van der Waals surface area contributed by atoms with Crippen molar-refractivity contribution < 1.29 is 0 Å². The lowest BCUT2D eigenvalue weighted by Crippen LogP contribution is -2.30. The van der Waals surface area contributed by atoms with E-state index in [4.69, 9.17) is 0 Å². The van der Waals surface area contributed by atoms with Gasteiger partial charge in [-0.3, -0.25) is 0 Å². The standard InChI is InChI=1S/C14H24.C2H6/c1-3-11-7-8-12-6-4-5-9-14(12)10(2)13(11)14;1-2/h10-13H,3-9H2,1-2H3;1-2H3. The minimum absolute atomic E-state index is 0.872. The van der Waals surface area contributed by atoms with E-state index in [1.165, 1.54) is 19.3 Å².